The SMILES string of the molecule is C1C[C@@H]2[C@@H](C1)[C@@H]1C[C@@H]2[C@@H](NCC2CC2)C1. The molecule has 0 spiro atoms. The van der Waals surface area contributed by atoms with E-state index in [2.05, 4.69) is 5.32 Å². The second kappa shape index (κ2) is 3.23. The minimum absolute atomic E-state index is 0.926. The molecule has 5 atom stereocenters. The first kappa shape index (κ1) is 9.04. The molecule has 2 bridgehead atoms. The quantitative estimate of drug-likeness (QED) is 0.747. The van der Waals surface area contributed by atoms with Gasteiger partial charge in [0.2, 0.25) is 0 Å². The fourth-order valence-corrected chi connectivity index (χ4v) is 4.94. The highest BCUT2D eigenvalue weighted by molar-refractivity contribution is 5.05. The lowest BCUT2D eigenvalue weighted by atomic mass is 9.79. The molecule has 0 heterocycles. The lowest BCUT2D eigenvalue weighted by molar-refractivity contribution is 0.208. The molecule has 0 unspecified atom stereocenters. The molecule has 4 aliphatic carbocycles. The second-order valence-corrected chi connectivity index (χ2v) is 6.61. The molecule has 0 aliphatic heterocycles. The number of rotatable bonds is 3. The summed E-state index contributed by atoms with van der Waals surface area (Å²) in [7, 11) is 0. The third kappa shape index (κ3) is 1.39. The van der Waals surface area contributed by atoms with Gasteiger partial charge in [-0.25, -0.2) is 0 Å². The van der Waals surface area contributed by atoms with Crippen LogP contribution in [0.2, 0.25) is 0 Å². The third-order valence-corrected chi connectivity index (χ3v) is 5.79. The molecule has 1 nitrogen and oxygen atoms in total. The Morgan fingerprint density at radius 3 is 2.60 bits per heavy atom. The molecular weight excluding hydrogens is 182 g/mol. The second-order valence-electron chi connectivity index (χ2n) is 6.61. The van der Waals surface area contributed by atoms with E-state index in [4.69, 9.17) is 0 Å². The molecule has 1 N–H and O–H groups in total. The Hall–Kier alpha value is -0.0400. The Kier molecular flexibility index (Phi) is 1.94. The third-order valence-electron chi connectivity index (χ3n) is 5.79. The van der Waals surface area contributed by atoms with Gasteiger partial charge in [0, 0.05) is 6.04 Å². The maximum absolute atomic E-state index is 3.89. The van der Waals surface area contributed by atoms with Crippen molar-refractivity contribution in [3.8, 4) is 0 Å². The molecule has 0 saturated heterocycles. The summed E-state index contributed by atoms with van der Waals surface area (Å²) in [5, 5.41) is 3.89. The standard InChI is InChI=1S/C14H23N/c1-2-11-10-6-13(12(11)3-1)14(7-10)15-8-9-4-5-9/h9-15H,1-8H2/t10-,11+,12-,13+,14+/m1/s1. The zero-order chi connectivity index (χ0) is 9.83. The normalized spacial score (nSPS) is 52.4. The van der Waals surface area contributed by atoms with Gasteiger partial charge in [0.1, 0.15) is 0 Å². The molecule has 1 heteroatoms. The van der Waals surface area contributed by atoms with Crippen molar-refractivity contribution in [3.05, 3.63) is 0 Å². The molecule has 4 fully saturated rings. The van der Waals surface area contributed by atoms with E-state index in [9.17, 15) is 0 Å². The minimum atomic E-state index is 0.926. The number of fused-ring (bicyclic) bond motifs is 5. The van der Waals surface area contributed by atoms with Crippen molar-refractivity contribution in [1.29, 1.82) is 0 Å². The van der Waals surface area contributed by atoms with E-state index in [1.165, 1.54) is 32.2 Å². The number of nitrogens with one attached hydrogen (secondary N) is 1. The highest BCUT2D eigenvalue weighted by Gasteiger charge is 2.53. The molecule has 0 aromatic heterocycles. The smallest absolute Gasteiger partial charge is 0.0101 e. The fourth-order valence-electron chi connectivity index (χ4n) is 4.94. The van der Waals surface area contributed by atoms with Gasteiger partial charge < -0.3 is 5.32 Å². The summed E-state index contributed by atoms with van der Waals surface area (Å²) in [6.07, 6.45) is 10.8. The number of hydrogen-bond acceptors (Lipinski definition) is 1. The van der Waals surface area contributed by atoms with Gasteiger partial charge >= 0.3 is 0 Å². The predicted molar refractivity (Wildman–Crippen MR) is 61.6 cm³/mol. The van der Waals surface area contributed by atoms with Gasteiger partial charge in [0.15, 0.2) is 0 Å². The summed E-state index contributed by atoms with van der Waals surface area (Å²) in [4.78, 5) is 0. The minimum Gasteiger partial charge on any atom is -0.313 e. The van der Waals surface area contributed by atoms with Crippen molar-refractivity contribution in [2.75, 3.05) is 6.54 Å². The van der Waals surface area contributed by atoms with Gasteiger partial charge in [-0.05, 0) is 74.7 Å². The number of hydrogen-bond donors (Lipinski definition) is 1. The Bertz CT molecular complexity index is 258. The van der Waals surface area contributed by atoms with Crippen molar-refractivity contribution >= 4 is 0 Å². The maximum atomic E-state index is 3.89. The van der Waals surface area contributed by atoms with Crippen LogP contribution >= 0.6 is 0 Å². The molecule has 4 aliphatic rings. The van der Waals surface area contributed by atoms with Crippen LogP contribution in [0.3, 0.4) is 0 Å². The summed E-state index contributed by atoms with van der Waals surface area (Å²) in [5.74, 6) is 5.57. The monoisotopic (exact) mass is 205 g/mol. The van der Waals surface area contributed by atoms with E-state index in [1.54, 1.807) is 19.3 Å². The van der Waals surface area contributed by atoms with Crippen molar-refractivity contribution < 1.29 is 0 Å². The van der Waals surface area contributed by atoms with Gasteiger partial charge in [0.25, 0.3) is 0 Å². The molecule has 0 aromatic carbocycles. The van der Waals surface area contributed by atoms with Crippen molar-refractivity contribution in [2.45, 2.75) is 51.0 Å². The van der Waals surface area contributed by atoms with Crippen molar-refractivity contribution in [1.82, 2.24) is 5.32 Å². The molecule has 4 rings (SSSR count). The van der Waals surface area contributed by atoms with Crippen LogP contribution in [0.25, 0.3) is 0 Å². The first-order chi connectivity index (χ1) is 7.42. The molecule has 4 saturated carbocycles. The first-order valence-electron chi connectivity index (χ1n) is 7.15. The van der Waals surface area contributed by atoms with Gasteiger partial charge in [-0.2, -0.15) is 0 Å². The van der Waals surface area contributed by atoms with Crippen LogP contribution in [0, 0.1) is 29.6 Å². The van der Waals surface area contributed by atoms with Gasteiger partial charge in [0.05, 0.1) is 0 Å². The summed E-state index contributed by atoms with van der Waals surface area (Å²) in [5.41, 5.74) is 0. The van der Waals surface area contributed by atoms with E-state index in [1.807, 2.05) is 0 Å². The van der Waals surface area contributed by atoms with Crippen LogP contribution in [0.1, 0.15) is 44.9 Å². The summed E-state index contributed by atoms with van der Waals surface area (Å²) < 4.78 is 0. The summed E-state index contributed by atoms with van der Waals surface area (Å²) >= 11 is 0. The van der Waals surface area contributed by atoms with E-state index in [0.717, 1.165) is 35.6 Å². The highest BCUT2D eigenvalue weighted by Crippen LogP contribution is 2.58. The van der Waals surface area contributed by atoms with Crippen LogP contribution in [-0.2, 0) is 0 Å². The van der Waals surface area contributed by atoms with Crippen LogP contribution in [0.4, 0.5) is 0 Å². The van der Waals surface area contributed by atoms with Crippen LogP contribution in [0.5, 0.6) is 0 Å². The average molecular weight is 205 g/mol. The van der Waals surface area contributed by atoms with E-state index in [-0.39, 0.29) is 0 Å². The molecule has 0 amide bonds. The zero-order valence-corrected chi connectivity index (χ0v) is 9.62. The topological polar surface area (TPSA) is 12.0 Å². The van der Waals surface area contributed by atoms with Crippen LogP contribution in [-0.4, -0.2) is 12.6 Å². The fraction of sp³-hybridized carbons (Fsp3) is 1.00. The Morgan fingerprint density at radius 2 is 1.73 bits per heavy atom. The Labute approximate surface area is 93.0 Å². The summed E-state index contributed by atoms with van der Waals surface area (Å²) in [6.45, 7) is 1.34. The molecule has 0 aromatic rings. The average Bonchev–Trinajstić information content (AvgIpc) is 2.72. The zero-order valence-electron chi connectivity index (χ0n) is 9.62. The lowest BCUT2D eigenvalue weighted by Crippen LogP contribution is -2.40. The lowest BCUT2D eigenvalue weighted by Gasteiger charge is -2.32. The molecule has 84 valence electrons. The maximum Gasteiger partial charge on any atom is 0.0101 e. The van der Waals surface area contributed by atoms with Gasteiger partial charge in [-0.15, -0.1) is 0 Å². The Balaban J connectivity index is 1.41. The highest BCUT2D eigenvalue weighted by atomic mass is 15.0. The molecule has 15 heavy (non-hydrogen) atoms. The van der Waals surface area contributed by atoms with E-state index < -0.39 is 0 Å². The molecular formula is C14H23N. The largest absolute Gasteiger partial charge is 0.313 e. The Morgan fingerprint density at radius 1 is 0.867 bits per heavy atom. The molecule has 0 radical (unpaired) electrons. The first-order valence-corrected chi connectivity index (χ1v) is 7.15. The van der Waals surface area contributed by atoms with Crippen LogP contribution < -0.4 is 5.32 Å². The van der Waals surface area contributed by atoms with E-state index >= 15 is 0 Å². The van der Waals surface area contributed by atoms with E-state index in [0.29, 0.717) is 0 Å². The summed E-state index contributed by atoms with van der Waals surface area (Å²) in [6, 6.07) is 0.926. The van der Waals surface area contributed by atoms with Gasteiger partial charge in [-0.1, -0.05) is 6.42 Å². The van der Waals surface area contributed by atoms with Crippen molar-refractivity contribution in [3.63, 3.8) is 0 Å². The van der Waals surface area contributed by atoms with Crippen molar-refractivity contribution in [2.24, 2.45) is 29.6 Å². The van der Waals surface area contributed by atoms with Crippen LogP contribution in [0.15, 0.2) is 0 Å². The van der Waals surface area contributed by atoms with Gasteiger partial charge in [-0.3, -0.25) is 0 Å². The predicted octanol–water partition coefficient (Wildman–Crippen LogP) is 2.81.